The van der Waals surface area contributed by atoms with Crippen LogP contribution in [-0.4, -0.2) is 45.7 Å². The first-order chi connectivity index (χ1) is 9.66. The molecular weight excluding hydrogens is 276 g/mol. The van der Waals surface area contributed by atoms with Crippen LogP contribution in [0.15, 0.2) is 0 Å². The number of carboxylic acids is 1. The number of hydrogen-bond donors (Lipinski definition) is 2. The van der Waals surface area contributed by atoms with Gasteiger partial charge < -0.3 is 10.4 Å². The summed E-state index contributed by atoms with van der Waals surface area (Å²) in [4.78, 5) is 25.2. The van der Waals surface area contributed by atoms with E-state index in [1.54, 1.807) is 16.7 Å². The fraction of sp³-hybridized carbons (Fsp3) is 0.857. The van der Waals surface area contributed by atoms with Gasteiger partial charge in [0.25, 0.3) is 0 Å². The maximum Gasteiger partial charge on any atom is 0.327 e. The molecule has 2 atom stereocenters. The molecule has 112 valence electrons. The van der Waals surface area contributed by atoms with Crippen molar-refractivity contribution in [3.8, 4) is 0 Å². The average molecular weight is 298 g/mol. The van der Waals surface area contributed by atoms with E-state index in [1.165, 1.54) is 19.3 Å². The number of carbonyl (C=O) groups is 2. The fourth-order valence-electron chi connectivity index (χ4n) is 2.98. The summed E-state index contributed by atoms with van der Waals surface area (Å²) in [5.74, 6) is 0.904. The minimum atomic E-state index is -0.880. The van der Waals surface area contributed by atoms with Crippen LogP contribution in [0.2, 0.25) is 0 Å². The lowest BCUT2D eigenvalue weighted by molar-refractivity contribution is -0.141. The Balaban J connectivity index is 1.55. The highest BCUT2D eigenvalue weighted by Crippen LogP contribution is 2.45. The van der Waals surface area contributed by atoms with Gasteiger partial charge in [0.1, 0.15) is 6.04 Å². The van der Waals surface area contributed by atoms with Crippen LogP contribution >= 0.6 is 11.8 Å². The van der Waals surface area contributed by atoms with Crippen molar-refractivity contribution >= 4 is 23.8 Å². The van der Waals surface area contributed by atoms with E-state index >= 15 is 0 Å². The summed E-state index contributed by atoms with van der Waals surface area (Å²) < 4.78 is 0. The van der Waals surface area contributed by atoms with Crippen molar-refractivity contribution in [2.75, 3.05) is 12.3 Å². The number of amides is 2. The van der Waals surface area contributed by atoms with E-state index in [0.29, 0.717) is 18.2 Å². The fourth-order valence-corrected chi connectivity index (χ4v) is 4.61. The molecule has 2 N–H and O–H groups in total. The molecule has 2 aliphatic carbocycles. The molecule has 1 saturated heterocycles. The first kappa shape index (κ1) is 14.0. The third kappa shape index (κ3) is 2.90. The van der Waals surface area contributed by atoms with Gasteiger partial charge in [-0.15, -0.1) is 11.8 Å². The molecule has 0 bridgehead atoms. The van der Waals surface area contributed by atoms with Crippen LogP contribution in [0.4, 0.5) is 4.79 Å². The molecule has 0 radical (unpaired) electrons. The summed E-state index contributed by atoms with van der Waals surface area (Å²) in [5, 5.41) is 12.3. The van der Waals surface area contributed by atoms with Gasteiger partial charge in [-0.25, -0.2) is 9.59 Å². The van der Waals surface area contributed by atoms with E-state index in [1.807, 2.05) is 0 Å². The van der Waals surface area contributed by atoms with Crippen molar-refractivity contribution in [1.29, 1.82) is 0 Å². The van der Waals surface area contributed by atoms with Gasteiger partial charge in [0.2, 0.25) is 0 Å². The van der Waals surface area contributed by atoms with Crippen LogP contribution in [-0.2, 0) is 4.79 Å². The third-order valence-corrected chi connectivity index (χ3v) is 6.09. The lowest BCUT2D eigenvalue weighted by Crippen LogP contribution is -2.51. The normalized spacial score (nSPS) is 30.1. The Morgan fingerprint density at radius 3 is 2.55 bits per heavy atom. The van der Waals surface area contributed by atoms with E-state index in [9.17, 15) is 14.7 Å². The molecule has 2 unspecified atom stereocenters. The highest BCUT2D eigenvalue weighted by molar-refractivity contribution is 8.00. The predicted molar refractivity (Wildman–Crippen MR) is 77.6 cm³/mol. The zero-order chi connectivity index (χ0) is 14.1. The van der Waals surface area contributed by atoms with Crippen molar-refractivity contribution in [3.63, 3.8) is 0 Å². The minimum absolute atomic E-state index is 0.0693. The van der Waals surface area contributed by atoms with Crippen molar-refractivity contribution in [3.05, 3.63) is 0 Å². The monoisotopic (exact) mass is 298 g/mol. The molecule has 1 aliphatic heterocycles. The molecule has 3 rings (SSSR count). The number of nitrogens with one attached hydrogen (secondary N) is 1. The average Bonchev–Trinajstić information content (AvgIpc) is 3.10. The quantitative estimate of drug-likeness (QED) is 0.816. The van der Waals surface area contributed by atoms with E-state index in [4.69, 9.17) is 0 Å². The van der Waals surface area contributed by atoms with E-state index < -0.39 is 12.0 Å². The maximum absolute atomic E-state index is 12.3. The lowest BCUT2D eigenvalue weighted by atomic mass is 9.83. The molecule has 20 heavy (non-hydrogen) atoms. The van der Waals surface area contributed by atoms with Gasteiger partial charge in [-0.2, -0.15) is 0 Å². The number of rotatable bonds is 5. The van der Waals surface area contributed by atoms with Crippen LogP contribution in [0.3, 0.4) is 0 Å². The molecule has 0 aromatic carbocycles. The summed E-state index contributed by atoms with van der Waals surface area (Å²) >= 11 is 1.63. The summed E-state index contributed by atoms with van der Waals surface area (Å²) in [6.07, 6.45) is 7.13. The van der Waals surface area contributed by atoms with Gasteiger partial charge in [0.15, 0.2) is 0 Å². The van der Waals surface area contributed by atoms with Crippen LogP contribution in [0.5, 0.6) is 0 Å². The predicted octanol–water partition coefficient (Wildman–Crippen LogP) is 2.12. The number of hydrogen-bond acceptors (Lipinski definition) is 3. The van der Waals surface area contributed by atoms with Crippen LogP contribution in [0, 0.1) is 11.8 Å². The second-order valence-electron chi connectivity index (χ2n) is 6.14. The molecule has 1 heterocycles. The zero-order valence-corrected chi connectivity index (χ0v) is 12.4. The van der Waals surface area contributed by atoms with Crippen molar-refractivity contribution < 1.29 is 14.7 Å². The second-order valence-corrected chi connectivity index (χ2v) is 7.29. The molecule has 6 heteroatoms. The SMILES string of the molecule is O=C(O)C1CSC(C2CC2)N1C(=O)NCCC1CCC1. The molecule has 0 aromatic heterocycles. The number of carbonyl (C=O) groups excluding carboxylic acids is 1. The van der Waals surface area contributed by atoms with Crippen molar-refractivity contribution in [1.82, 2.24) is 10.2 Å². The highest BCUT2D eigenvalue weighted by Gasteiger charge is 2.48. The Bertz CT molecular complexity index is 396. The topological polar surface area (TPSA) is 69.6 Å². The van der Waals surface area contributed by atoms with Gasteiger partial charge in [-0.05, 0) is 31.1 Å². The molecule has 2 amide bonds. The number of thioether (sulfide) groups is 1. The molecule has 3 fully saturated rings. The van der Waals surface area contributed by atoms with Crippen LogP contribution in [0.1, 0.15) is 38.5 Å². The Hall–Kier alpha value is -0.910. The van der Waals surface area contributed by atoms with Gasteiger partial charge in [-0.3, -0.25) is 4.90 Å². The zero-order valence-electron chi connectivity index (χ0n) is 11.6. The van der Waals surface area contributed by atoms with Crippen LogP contribution < -0.4 is 5.32 Å². The molecule has 2 saturated carbocycles. The molecular formula is C14H22N2O3S. The Morgan fingerprint density at radius 1 is 1.25 bits per heavy atom. The Labute approximate surface area is 123 Å². The third-order valence-electron chi connectivity index (χ3n) is 4.63. The summed E-state index contributed by atoms with van der Waals surface area (Å²) in [7, 11) is 0. The Morgan fingerprint density at radius 2 is 2.00 bits per heavy atom. The lowest BCUT2D eigenvalue weighted by Gasteiger charge is -2.29. The number of aliphatic carboxylic acids is 1. The molecule has 5 nitrogen and oxygen atoms in total. The largest absolute Gasteiger partial charge is 0.480 e. The van der Waals surface area contributed by atoms with Gasteiger partial charge in [0, 0.05) is 12.3 Å². The molecule has 3 aliphatic rings. The van der Waals surface area contributed by atoms with Crippen molar-refractivity contribution in [2.45, 2.75) is 49.9 Å². The maximum atomic E-state index is 12.3. The van der Waals surface area contributed by atoms with E-state index in [-0.39, 0.29) is 11.4 Å². The Kier molecular flexibility index (Phi) is 4.10. The molecule has 0 aromatic rings. The number of urea groups is 1. The standard InChI is InChI=1S/C14H22N2O3S/c17-13(18)11-8-20-12(10-4-5-10)16(11)14(19)15-7-6-9-2-1-3-9/h9-12H,1-8H2,(H,15,19)(H,17,18). The van der Waals surface area contributed by atoms with Crippen molar-refractivity contribution in [2.24, 2.45) is 11.8 Å². The minimum Gasteiger partial charge on any atom is -0.480 e. The van der Waals surface area contributed by atoms with Crippen LogP contribution in [0.25, 0.3) is 0 Å². The smallest absolute Gasteiger partial charge is 0.327 e. The number of nitrogens with zero attached hydrogens (tertiary/aromatic N) is 1. The number of carboxylic acid groups (broad SMARTS) is 1. The second kappa shape index (κ2) is 5.84. The summed E-state index contributed by atoms with van der Waals surface area (Å²) in [5.41, 5.74) is 0. The summed E-state index contributed by atoms with van der Waals surface area (Å²) in [6, 6.07) is -0.840. The van der Waals surface area contributed by atoms with Gasteiger partial charge in [-0.1, -0.05) is 19.3 Å². The first-order valence-electron chi connectivity index (χ1n) is 7.57. The highest BCUT2D eigenvalue weighted by atomic mass is 32.2. The first-order valence-corrected chi connectivity index (χ1v) is 8.62. The molecule has 0 spiro atoms. The van der Waals surface area contributed by atoms with E-state index in [2.05, 4.69) is 5.32 Å². The van der Waals surface area contributed by atoms with E-state index in [0.717, 1.165) is 25.2 Å². The van der Waals surface area contributed by atoms with Gasteiger partial charge in [0.05, 0.1) is 5.37 Å². The summed E-state index contributed by atoms with van der Waals surface area (Å²) in [6.45, 7) is 0.675. The van der Waals surface area contributed by atoms with Gasteiger partial charge >= 0.3 is 12.0 Å².